The molecule has 1 saturated heterocycles. The fourth-order valence-electron chi connectivity index (χ4n) is 3.27. The second-order valence-electron chi connectivity index (χ2n) is 6.30. The van der Waals surface area contributed by atoms with Gasteiger partial charge in [-0.15, -0.1) is 0 Å². The van der Waals surface area contributed by atoms with E-state index >= 15 is 0 Å². The fraction of sp³-hybridized carbons (Fsp3) is 0.412. The lowest BCUT2D eigenvalue weighted by Crippen LogP contribution is -2.42. The van der Waals surface area contributed by atoms with Gasteiger partial charge in [-0.05, 0) is 30.5 Å². The van der Waals surface area contributed by atoms with Gasteiger partial charge < -0.3 is 9.30 Å². The number of rotatable bonds is 4. The first-order chi connectivity index (χ1) is 12.3. The van der Waals surface area contributed by atoms with Crippen molar-refractivity contribution in [2.45, 2.75) is 23.8 Å². The number of nitrogens with zero attached hydrogens (tertiary/aromatic N) is 3. The topological polar surface area (TPSA) is 90.6 Å². The van der Waals surface area contributed by atoms with Crippen LogP contribution in [0.2, 0.25) is 0 Å². The van der Waals surface area contributed by atoms with Gasteiger partial charge in [-0.2, -0.15) is 4.31 Å². The maximum atomic E-state index is 13.2. The van der Waals surface area contributed by atoms with Crippen LogP contribution in [0.1, 0.15) is 24.4 Å². The van der Waals surface area contributed by atoms with Crippen molar-refractivity contribution in [2.24, 2.45) is 14.1 Å². The van der Waals surface area contributed by atoms with Crippen molar-refractivity contribution < 1.29 is 13.2 Å². The number of sulfonamides is 1. The van der Waals surface area contributed by atoms with Gasteiger partial charge in [0.2, 0.25) is 0 Å². The van der Waals surface area contributed by atoms with E-state index in [0.29, 0.717) is 25.1 Å². The summed E-state index contributed by atoms with van der Waals surface area (Å²) in [5.41, 5.74) is -0.538. The Balaban J connectivity index is 2.06. The van der Waals surface area contributed by atoms with Crippen LogP contribution in [-0.4, -0.2) is 35.5 Å². The fourth-order valence-corrected chi connectivity index (χ4v) is 5.10. The van der Waals surface area contributed by atoms with E-state index in [9.17, 15) is 18.0 Å². The third kappa shape index (κ3) is 2.97. The average Bonchev–Trinajstić information content (AvgIpc) is 3.13. The second-order valence-corrected chi connectivity index (χ2v) is 8.16. The zero-order valence-corrected chi connectivity index (χ0v) is 15.7. The van der Waals surface area contributed by atoms with Crippen molar-refractivity contribution >= 4 is 10.0 Å². The third-order valence-corrected chi connectivity index (χ3v) is 6.60. The highest BCUT2D eigenvalue weighted by Crippen LogP contribution is 2.36. The summed E-state index contributed by atoms with van der Waals surface area (Å²) in [5.74, 6) is 0.688. The molecule has 2 aromatic rings. The van der Waals surface area contributed by atoms with Crippen LogP contribution < -0.4 is 16.0 Å². The quantitative estimate of drug-likeness (QED) is 0.777. The first-order valence-electron chi connectivity index (χ1n) is 8.20. The molecule has 2 heterocycles. The predicted molar refractivity (Wildman–Crippen MR) is 95.8 cm³/mol. The minimum atomic E-state index is -4.04. The smallest absolute Gasteiger partial charge is 0.330 e. The Morgan fingerprint density at radius 2 is 1.77 bits per heavy atom. The summed E-state index contributed by atoms with van der Waals surface area (Å²) in [7, 11) is 0.226. The molecule has 26 heavy (non-hydrogen) atoms. The van der Waals surface area contributed by atoms with Gasteiger partial charge in [-0.1, -0.05) is 12.1 Å². The number of hydrogen-bond donors (Lipinski definition) is 0. The molecule has 0 radical (unpaired) electrons. The van der Waals surface area contributed by atoms with Crippen LogP contribution in [0.5, 0.6) is 5.75 Å². The molecule has 1 fully saturated rings. The molecule has 9 heteroatoms. The molecule has 1 atom stereocenters. The zero-order valence-electron chi connectivity index (χ0n) is 14.9. The van der Waals surface area contributed by atoms with Crippen LogP contribution in [-0.2, 0) is 24.1 Å². The zero-order chi connectivity index (χ0) is 19.1. The summed E-state index contributed by atoms with van der Waals surface area (Å²) in [6, 6.07) is 6.87. The largest absolute Gasteiger partial charge is 0.497 e. The van der Waals surface area contributed by atoms with E-state index in [1.807, 2.05) is 12.1 Å². The minimum absolute atomic E-state index is 0.324. The molecule has 0 spiro atoms. The van der Waals surface area contributed by atoms with Crippen molar-refractivity contribution in [3.8, 4) is 5.75 Å². The Morgan fingerprint density at radius 3 is 2.38 bits per heavy atom. The molecule has 0 aliphatic carbocycles. The molecule has 1 aliphatic heterocycles. The molecular weight excluding hydrogens is 358 g/mol. The van der Waals surface area contributed by atoms with Crippen molar-refractivity contribution in [3.05, 3.63) is 56.9 Å². The van der Waals surface area contributed by atoms with Crippen LogP contribution in [0.15, 0.2) is 44.9 Å². The Bertz CT molecular complexity index is 1040. The molecule has 0 N–H and O–H groups in total. The summed E-state index contributed by atoms with van der Waals surface area (Å²) in [5, 5.41) is 0. The van der Waals surface area contributed by atoms with Gasteiger partial charge in [0.1, 0.15) is 5.75 Å². The van der Waals surface area contributed by atoms with Crippen LogP contribution >= 0.6 is 0 Å². The number of methoxy groups -OCH3 is 1. The highest BCUT2D eigenvalue weighted by atomic mass is 32.2. The van der Waals surface area contributed by atoms with E-state index in [0.717, 1.165) is 20.9 Å². The highest BCUT2D eigenvalue weighted by molar-refractivity contribution is 7.89. The molecule has 1 aliphatic rings. The minimum Gasteiger partial charge on any atom is -0.497 e. The maximum Gasteiger partial charge on any atom is 0.330 e. The molecular formula is C17H21N3O5S. The van der Waals surface area contributed by atoms with Gasteiger partial charge in [0.05, 0.1) is 13.2 Å². The number of aromatic nitrogens is 2. The lowest BCUT2D eigenvalue weighted by atomic mass is 10.1. The molecule has 1 aromatic heterocycles. The molecule has 3 rings (SSSR count). The summed E-state index contributed by atoms with van der Waals surface area (Å²) >= 11 is 0. The number of hydrogen-bond acceptors (Lipinski definition) is 5. The van der Waals surface area contributed by atoms with Crippen molar-refractivity contribution in [2.75, 3.05) is 13.7 Å². The van der Waals surface area contributed by atoms with Gasteiger partial charge in [-0.3, -0.25) is 9.36 Å². The molecule has 1 unspecified atom stereocenters. The Hall–Kier alpha value is -2.39. The maximum absolute atomic E-state index is 13.2. The summed E-state index contributed by atoms with van der Waals surface area (Å²) in [4.78, 5) is 23.9. The SMILES string of the molecule is COc1ccc(C2CCCN2S(=O)(=O)c2cn(C)c(=O)n(C)c2=O)cc1. The van der Waals surface area contributed by atoms with Gasteiger partial charge in [-0.25, -0.2) is 13.2 Å². The van der Waals surface area contributed by atoms with E-state index < -0.39 is 21.3 Å². The van der Waals surface area contributed by atoms with E-state index in [2.05, 4.69) is 0 Å². The summed E-state index contributed by atoms with van der Waals surface area (Å²) < 4.78 is 34.7. The third-order valence-electron chi connectivity index (χ3n) is 4.71. The summed E-state index contributed by atoms with van der Waals surface area (Å²) in [6.45, 7) is 0.324. The molecule has 1 aromatic carbocycles. The standard InChI is InChI=1S/C17H21N3O5S/c1-18-11-15(16(21)19(2)17(18)22)26(23,24)20-10-4-5-14(20)12-6-8-13(25-3)9-7-12/h6-9,11,14H,4-5,10H2,1-3H3. The highest BCUT2D eigenvalue weighted by Gasteiger charge is 2.38. The normalized spacial score (nSPS) is 18.2. The monoisotopic (exact) mass is 379 g/mol. The second kappa shape index (κ2) is 6.73. The van der Waals surface area contributed by atoms with E-state index in [1.165, 1.54) is 18.4 Å². The van der Waals surface area contributed by atoms with E-state index in [1.54, 1.807) is 19.2 Å². The van der Waals surface area contributed by atoms with Gasteiger partial charge in [0.25, 0.3) is 15.6 Å². The Kier molecular flexibility index (Phi) is 4.76. The lowest BCUT2D eigenvalue weighted by Gasteiger charge is -2.24. The van der Waals surface area contributed by atoms with E-state index in [4.69, 9.17) is 4.74 Å². The summed E-state index contributed by atoms with van der Waals surface area (Å²) in [6.07, 6.45) is 2.46. The van der Waals surface area contributed by atoms with Crippen LogP contribution in [0.4, 0.5) is 0 Å². The van der Waals surface area contributed by atoms with Gasteiger partial charge in [0, 0.05) is 26.8 Å². The van der Waals surface area contributed by atoms with Crippen LogP contribution in [0.3, 0.4) is 0 Å². The average molecular weight is 379 g/mol. The Morgan fingerprint density at radius 1 is 1.12 bits per heavy atom. The predicted octanol–water partition coefficient (Wildman–Crippen LogP) is 0.618. The van der Waals surface area contributed by atoms with E-state index in [-0.39, 0.29) is 10.9 Å². The van der Waals surface area contributed by atoms with Crippen molar-refractivity contribution in [1.82, 2.24) is 13.4 Å². The van der Waals surface area contributed by atoms with Crippen molar-refractivity contribution in [3.63, 3.8) is 0 Å². The van der Waals surface area contributed by atoms with Gasteiger partial charge >= 0.3 is 5.69 Å². The molecule has 0 saturated carbocycles. The molecule has 8 nitrogen and oxygen atoms in total. The van der Waals surface area contributed by atoms with Crippen LogP contribution in [0.25, 0.3) is 0 Å². The molecule has 0 bridgehead atoms. The first kappa shape index (κ1) is 18.4. The Labute approximate surface area is 151 Å². The molecule has 140 valence electrons. The lowest BCUT2D eigenvalue weighted by molar-refractivity contribution is 0.392. The van der Waals surface area contributed by atoms with Gasteiger partial charge in [0.15, 0.2) is 4.90 Å². The van der Waals surface area contributed by atoms with Crippen molar-refractivity contribution in [1.29, 1.82) is 0 Å². The number of aryl methyl sites for hydroxylation is 1. The number of benzene rings is 1. The van der Waals surface area contributed by atoms with Crippen LogP contribution in [0, 0.1) is 0 Å². The molecule has 0 amide bonds. The first-order valence-corrected chi connectivity index (χ1v) is 9.64. The number of ether oxygens (including phenoxy) is 1.